The van der Waals surface area contributed by atoms with Crippen LogP contribution in [0.3, 0.4) is 0 Å². The number of benzene rings is 1. The van der Waals surface area contributed by atoms with E-state index in [1.165, 1.54) is 24.4 Å². The summed E-state index contributed by atoms with van der Waals surface area (Å²) < 4.78 is 13.5. The number of carbonyl (C=O) groups is 1. The third kappa shape index (κ3) is 4.37. The molecular formula is C14H14Cl2FN3O. The fourth-order valence-electron chi connectivity index (χ4n) is 1.46. The van der Waals surface area contributed by atoms with Crippen molar-refractivity contribution in [1.29, 1.82) is 0 Å². The molecular weight excluding hydrogens is 316 g/mol. The van der Waals surface area contributed by atoms with Crippen LogP contribution in [0.5, 0.6) is 0 Å². The molecule has 0 bridgehead atoms. The van der Waals surface area contributed by atoms with E-state index >= 15 is 0 Å². The molecule has 0 aliphatic rings. The quantitative estimate of drug-likeness (QED) is 0.824. The van der Waals surface area contributed by atoms with Gasteiger partial charge in [0.05, 0.1) is 22.0 Å². The Morgan fingerprint density at radius 3 is 2.52 bits per heavy atom. The zero-order valence-electron chi connectivity index (χ0n) is 11.7. The molecule has 1 aromatic carbocycles. The monoisotopic (exact) mass is 329 g/mol. The Labute approximate surface area is 132 Å². The second-order valence-electron chi connectivity index (χ2n) is 3.69. The van der Waals surface area contributed by atoms with Crippen LogP contribution in [0.4, 0.5) is 10.1 Å². The van der Waals surface area contributed by atoms with E-state index in [9.17, 15) is 9.18 Å². The van der Waals surface area contributed by atoms with E-state index in [0.29, 0.717) is 5.69 Å². The highest BCUT2D eigenvalue weighted by Crippen LogP contribution is 2.25. The Hall–Kier alpha value is -1.72. The zero-order valence-corrected chi connectivity index (χ0v) is 13.3. The van der Waals surface area contributed by atoms with Crippen LogP contribution in [0.2, 0.25) is 10.3 Å². The lowest BCUT2D eigenvalue weighted by Gasteiger charge is -2.09. The Bertz CT molecular complexity index is 630. The van der Waals surface area contributed by atoms with Crippen LogP contribution < -0.4 is 5.32 Å². The smallest absolute Gasteiger partial charge is 0.259 e. The van der Waals surface area contributed by atoms with Crippen LogP contribution in [-0.4, -0.2) is 15.9 Å². The first-order valence-corrected chi connectivity index (χ1v) is 6.99. The van der Waals surface area contributed by atoms with Gasteiger partial charge in [-0.05, 0) is 30.7 Å². The Balaban J connectivity index is 0.00000106. The average molecular weight is 330 g/mol. The molecule has 0 saturated carbocycles. The van der Waals surface area contributed by atoms with E-state index in [1.807, 2.05) is 13.8 Å². The molecule has 0 spiro atoms. The molecule has 112 valence electrons. The van der Waals surface area contributed by atoms with Crippen molar-refractivity contribution in [3.8, 4) is 0 Å². The van der Waals surface area contributed by atoms with Gasteiger partial charge in [0.25, 0.3) is 5.91 Å². The van der Waals surface area contributed by atoms with Gasteiger partial charge in [-0.1, -0.05) is 31.5 Å². The molecule has 1 aromatic heterocycles. The molecule has 0 saturated heterocycles. The van der Waals surface area contributed by atoms with E-state index < -0.39 is 11.7 Å². The van der Waals surface area contributed by atoms with Gasteiger partial charge in [-0.2, -0.15) is 0 Å². The molecule has 21 heavy (non-hydrogen) atoms. The van der Waals surface area contributed by atoms with Gasteiger partial charge in [0.1, 0.15) is 5.82 Å². The highest BCUT2D eigenvalue weighted by Gasteiger charge is 2.15. The van der Waals surface area contributed by atoms with Crippen molar-refractivity contribution in [2.45, 2.75) is 20.8 Å². The number of rotatable bonds is 2. The lowest BCUT2D eigenvalue weighted by atomic mass is 10.2. The predicted molar refractivity (Wildman–Crippen MR) is 82.5 cm³/mol. The van der Waals surface area contributed by atoms with Gasteiger partial charge in [0.2, 0.25) is 5.28 Å². The number of aromatic nitrogens is 2. The molecule has 2 rings (SSSR count). The highest BCUT2D eigenvalue weighted by atomic mass is 35.5. The third-order valence-electron chi connectivity index (χ3n) is 2.40. The molecule has 0 radical (unpaired) electrons. The average Bonchev–Trinajstić information content (AvgIpc) is 2.45. The van der Waals surface area contributed by atoms with Crippen molar-refractivity contribution in [2.75, 3.05) is 5.32 Å². The van der Waals surface area contributed by atoms with Crippen molar-refractivity contribution in [3.05, 3.63) is 51.8 Å². The molecule has 0 aliphatic heterocycles. The minimum absolute atomic E-state index is 0.0398. The molecule has 7 heteroatoms. The number of halogens is 3. The first-order chi connectivity index (χ1) is 9.99. The summed E-state index contributed by atoms with van der Waals surface area (Å²) in [5, 5.41) is 2.54. The molecule has 2 aromatic rings. The largest absolute Gasteiger partial charge is 0.318 e. The lowest BCUT2D eigenvalue weighted by Crippen LogP contribution is -2.16. The first-order valence-electron chi connectivity index (χ1n) is 6.23. The molecule has 0 fully saturated rings. The van der Waals surface area contributed by atoms with Crippen LogP contribution in [0, 0.1) is 12.7 Å². The summed E-state index contributed by atoms with van der Waals surface area (Å²) in [5.41, 5.74) is 0.511. The Morgan fingerprint density at radius 1 is 1.29 bits per heavy atom. The predicted octanol–water partition coefficient (Wildman–Crippen LogP) is 4.51. The fraction of sp³-hybridized carbons (Fsp3) is 0.214. The molecule has 0 unspecified atom stereocenters. The second kappa shape index (κ2) is 7.90. The summed E-state index contributed by atoms with van der Waals surface area (Å²) in [6, 6.07) is 4.13. The van der Waals surface area contributed by atoms with Crippen molar-refractivity contribution >= 4 is 34.8 Å². The number of amides is 1. The van der Waals surface area contributed by atoms with Gasteiger partial charge < -0.3 is 5.32 Å². The normalized spacial score (nSPS) is 9.62. The molecule has 0 atom stereocenters. The number of carbonyl (C=O) groups excluding carboxylic acids is 1. The number of nitrogens with one attached hydrogen (secondary N) is 1. The number of hydrogen-bond donors (Lipinski definition) is 1. The maximum Gasteiger partial charge on any atom is 0.259 e. The summed E-state index contributed by atoms with van der Waals surface area (Å²) in [4.78, 5) is 19.6. The third-order valence-corrected chi connectivity index (χ3v) is 2.89. The van der Waals surface area contributed by atoms with Crippen molar-refractivity contribution in [2.24, 2.45) is 0 Å². The fourth-order valence-corrected chi connectivity index (χ4v) is 1.85. The van der Waals surface area contributed by atoms with Crippen LogP contribution >= 0.6 is 23.2 Å². The van der Waals surface area contributed by atoms with Gasteiger partial charge in [-0.3, -0.25) is 4.79 Å². The summed E-state index contributed by atoms with van der Waals surface area (Å²) in [5.74, 6) is -1.17. The maximum absolute atomic E-state index is 13.5. The van der Waals surface area contributed by atoms with Crippen LogP contribution in [0.25, 0.3) is 0 Å². The standard InChI is InChI=1S/C12H8Cl2FN3O.C2H6/c1-6-7(5-16-12(14)17-6)11(19)18-10-8(13)3-2-4-9(10)15;1-2/h2-5H,1H3,(H,18,19);1-2H3. The lowest BCUT2D eigenvalue weighted by molar-refractivity contribution is 0.102. The number of nitrogens with zero attached hydrogens (tertiary/aromatic N) is 2. The number of hydrogen-bond acceptors (Lipinski definition) is 3. The van der Waals surface area contributed by atoms with Crippen LogP contribution in [0.15, 0.2) is 24.4 Å². The van der Waals surface area contributed by atoms with E-state index in [-0.39, 0.29) is 21.6 Å². The van der Waals surface area contributed by atoms with E-state index in [2.05, 4.69) is 15.3 Å². The SMILES string of the molecule is CC.Cc1nc(Cl)ncc1C(=O)Nc1c(F)cccc1Cl. The van der Waals surface area contributed by atoms with E-state index in [4.69, 9.17) is 23.2 Å². The van der Waals surface area contributed by atoms with Gasteiger partial charge in [0, 0.05) is 6.20 Å². The maximum atomic E-state index is 13.5. The van der Waals surface area contributed by atoms with E-state index in [0.717, 1.165) is 0 Å². The zero-order chi connectivity index (χ0) is 16.0. The number of aryl methyl sites for hydroxylation is 1. The minimum Gasteiger partial charge on any atom is -0.318 e. The first kappa shape index (κ1) is 17.3. The topological polar surface area (TPSA) is 54.9 Å². The van der Waals surface area contributed by atoms with Crippen molar-refractivity contribution < 1.29 is 9.18 Å². The molecule has 1 heterocycles. The van der Waals surface area contributed by atoms with Gasteiger partial charge >= 0.3 is 0 Å². The molecule has 1 amide bonds. The van der Waals surface area contributed by atoms with Gasteiger partial charge in [-0.15, -0.1) is 0 Å². The summed E-state index contributed by atoms with van der Waals surface area (Å²) in [6.45, 7) is 5.60. The van der Waals surface area contributed by atoms with Crippen LogP contribution in [0.1, 0.15) is 29.9 Å². The Morgan fingerprint density at radius 2 is 1.95 bits per heavy atom. The Kier molecular flexibility index (Phi) is 6.52. The van der Waals surface area contributed by atoms with Gasteiger partial charge in [0.15, 0.2) is 0 Å². The molecule has 0 aliphatic carbocycles. The summed E-state index contributed by atoms with van der Waals surface area (Å²) in [6.07, 6.45) is 1.27. The van der Waals surface area contributed by atoms with Gasteiger partial charge in [-0.25, -0.2) is 14.4 Å². The van der Waals surface area contributed by atoms with E-state index in [1.54, 1.807) is 6.92 Å². The molecule has 1 N–H and O–H groups in total. The molecule has 4 nitrogen and oxygen atoms in total. The van der Waals surface area contributed by atoms with Crippen molar-refractivity contribution in [3.63, 3.8) is 0 Å². The minimum atomic E-state index is -0.617. The van der Waals surface area contributed by atoms with Crippen molar-refractivity contribution in [1.82, 2.24) is 9.97 Å². The second-order valence-corrected chi connectivity index (χ2v) is 4.43. The number of para-hydroxylation sites is 1. The summed E-state index contributed by atoms with van der Waals surface area (Å²) in [7, 11) is 0. The van der Waals surface area contributed by atoms with Crippen LogP contribution in [-0.2, 0) is 0 Å². The number of anilines is 1. The highest BCUT2D eigenvalue weighted by molar-refractivity contribution is 6.34. The summed E-state index contributed by atoms with van der Waals surface area (Å²) >= 11 is 11.4.